The largest absolute Gasteiger partial charge is 0.339 e. The Labute approximate surface area is 118 Å². The van der Waals surface area contributed by atoms with E-state index in [1.54, 1.807) is 6.20 Å². The summed E-state index contributed by atoms with van der Waals surface area (Å²) in [4.78, 5) is 8.76. The molecule has 2 atom stereocenters. The molecule has 3 rings (SSSR count). The van der Waals surface area contributed by atoms with E-state index in [4.69, 9.17) is 10.3 Å². The molecule has 2 aromatic heterocycles. The van der Waals surface area contributed by atoms with Gasteiger partial charge in [0.2, 0.25) is 11.7 Å². The second-order valence-corrected chi connectivity index (χ2v) is 5.38. The van der Waals surface area contributed by atoms with Gasteiger partial charge in [0.25, 0.3) is 0 Å². The number of hydrogen-bond donors (Lipinski definition) is 1. The first-order valence-corrected chi connectivity index (χ1v) is 7.30. The van der Waals surface area contributed by atoms with Crippen LogP contribution < -0.4 is 5.73 Å². The molecule has 5 nitrogen and oxygen atoms in total. The molecule has 0 amide bonds. The minimum atomic E-state index is 0.327. The fourth-order valence-electron chi connectivity index (χ4n) is 3.07. The van der Waals surface area contributed by atoms with E-state index in [0.717, 1.165) is 36.3 Å². The summed E-state index contributed by atoms with van der Waals surface area (Å²) in [5, 5.41) is 4.15. The number of rotatable bonds is 4. The van der Waals surface area contributed by atoms with Crippen LogP contribution in [0.2, 0.25) is 0 Å². The SMILES string of the molecule is CCc1cnccc1-c1noc(C2CCCC2CN)n1. The van der Waals surface area contributed by atoms with Crippen molar-refractivity contribution in [3.05, 3.63) is 29.9 Å². The van der Waals surface area contributed by atoms with Crippen LogP contribution in [0, 0.1) is 5.92 Å². The maximum Gasteiger partial charge on any atom is 0.230 e. The van der Waals surface area contributed by atoms with Gasteiger partial charge in [-0.05, 0) is 43.4 Å². The molecular weight excluding hydrogens is 252 g/mol. The molecule has 0 bridgehead atoms. The van der Waals surface area contributed by atoms with Gasteiger partial charge in [0.1, 0.15) is 0 Å². The standard InChI is InChI=1S/C15H20N4O/c1-2-10-9-17-7-6-12(10)14-18-15(20-19-14)13-5-3-4-11(13)8-16/h6-7,9,11,13H,2-5,8,16H2,1H3. The van der Waals surface area contributed by atoms with Crippen molar-refractivity contribution in [1.82, 2.24) is 15.1 Å². The Bertz CT molecular complexity index is 581. The monoisotopic (exact) mass is 272 g/mol. The average molecular weight is 272 g/mol. The third-order valence-electron chi connectivity index (χ3n) is 4.25. The number of nitrogens with zero attached hydrogens (tertiary/aromatic N) is 3. The number of aromatic nitrogens is 3. The van der Waals surface area contributed by atoms with Crippen LogP contribution in [-0.2, 0) is 6.42 Å². The van der Waals surface area contributed by atoms with E-state index in [-0.39, 0.29) is 0 Å². The second-order valence-electron chi connectivity index (χ2n) is 5.38. The van der Waals surface area contributed by atoms with Crippen molar-refractivity contribution in [2.75, 3.05) is 6.54 Å². The molecule has 0 saturated heterocycles. The quantitative estimate of drug-likeness (QED) is 0.925. The van der Waals surface area contributed by atoms with Crippen molar-refractivity contribution in [2.45, 2.75) is 38.5 Å². The summed E-state index contributed by atoms with van der Waals surface area (Å²) < 4.78 is 5.50. The predicted octanol–water partition coefficient (Wildman–Crippen LogP) is 2.54. The Morgan fingerprint density at radius 2 is 2.30 bits per heavy atom. The Balaban J connectivity index is 1.90. The predicted molar refractivity (Wildman–Crippen MR) is 76.0 cm³/mol. The molecular formula is C15H20N4O. The van der Waals surface area contributed by atoms with Gasteiger partial charge in [-0.1, -0.05) is 18.5 Å². The van der Waals surface area contributed by atoms with Gasteiger partial charge in [-0.15, -0.1) is 0 Å². The topological polar surface area (TPSA) is 77.8 Å². The molecule has 106 valence electrons. The van der Waals surface area contributed by atoms with Gasteiger partial charge in [-0.3, -0.25) is 4.98 Å². The first-order valence-electron chi connectivity index (χ1n) is 7.30. The first kappa shape index (κ1) is 13.2. The normalized spacial score (nSPS) is 22.3. The first-order chi connectivity index (χ1) is 9.83. The van der Waals surface area contributed by atoms with E-state index < -0.39 is 0 Å². The smallest absolute Gasteiger partial charge is 0.230 e. The molecule has 2 heterocycles. The molecule has 2 N–H and O–H groups in total. The number of aryl methyl sites for hydroxylation is 1. The molecule has 0 radical (unpaired) electrons. The van der Waals surface area contributed by atoms with Crippen LogP contribution in [0.15, 0.2) is 23.0 Å². The zero-order valence-electron chi connectivity index (χ0n) is 11.7. The highest BCUT2D eigenvalue weighted by molar-refractivity contribution is 5.58. The Morgan fingerprint density at radius 3 is 3.10 bits per heavy atom. The molecule has 1 saturated carbocycles. The van der Waals surface area contributed by atoms with Crippen LogP contribution in [0.3, 0.4) is 0 Å². The van der Waals surface area contributed by atoms with Crippen molar-refractivity contribution in [3.63, 3.8) is 0 Å². The van der Waals surface area contributed by atoms with E-state index in [1.165, 1.54) is 6.42 Å². The summed E-state index contributed by atoms with van der Waals surface area (Å²) in [7, 11) is 0. The fraction of sp³-hybridized carbons (Fsp3) is 0.533. The number of pyridine rings is 1. The van der Waals surface area contributed by atoms with E-state index in [1.807, 2.05) is 12.3 Å². The molecule has 0 spiro atoms. The lowest BCUT2D eigenvalue weighted by Gasteiger charge is -2.12. The lowest BCUT2D eigenvalue weighted by Crippen LogP contribution is -2.17. The zero-order chi connectivity index (χ0) is 13.9. The van der Waals surface area contributed by atoms with Gasteiger partial charge in [-0.2, -0.15) is 4.98 Å². The van der Waals surface area contributed by atoms with Gasteiger partial charge in [-0.25, -0.2) is 0 Å². The van der Waals surface area contributed by atoms with E-state index in [9.17, 15) is 0 Å². The van der Waals surface area contributed by atoms with Gasteiger partial charge in [0, 0.05) is 23.9 Å². The Morgan fingerprint density at radius 1 is 1.40 bits per heavy atom. The molecule has 2 aromatic rings. The molecule has 0 aliphatic heterocycles. The Kier molecular flexibility index (Phi) is 3.78. The van der Waals surface area contributed by atoms with Gasteiger partial charge in [0.15, 0.2) is 0 Å². The molecule has 2 unspecified atom stereocenters. The molecule has 20 heavy (non-hydrogen) atoms. The van der Waals surface area contributed by atoms with E-state index in [2.05, 4.69) is 22.0 Å². The molecule has 1 aliphatic rings. The zero-order valence-corrected chi connectivity index (χ0v) is 11.7. The number of nitrogens with two attached hydrogens (primary N) is 1. The molecule has 1 aliphatic carbocycles. The van der Waals surface area contributed by atoms with Crippen molar-refractivity contribution >= 4 is 0 Å². The second kappa shape index (κ2) is 5.71. The van der Waals surface area contributed by atoms with Crippen LogP contribution >= 0.6 is 0 Å². The molecule has 1 fully saturated rings. The minimum absolute atomic E-state index is 0.327. The van der Waals surface area contributed by atoms with Gasteiger partial charge >= 0.3 is 0 Å². The van der Waals surface area contributed by atoms with Gasteiger partial charge < -0.3 is 10.3 Å². The summed E-state index contributed by atoms with van der Waals surface area (Å²) in [5.74, 6) is 2.22. The summed E-state index contributed by atoms with van der Waals surface area (Å²) in [5.41, 5.74) is 7.98. The highest BCUT2D eigenvalue weighted by Crippen LogP contribution is 2.38. The molecule has 5 heteroatoms. The van der Waals surface area contributed by atoms with Crippen LogP contribution in [0.1, 0.15) is 43.6 Å². The average Bonchev–Trinajstić information content (AvgIpc) is 3.15. The van der Waals surface area contributed by atoms with Crippen molar-refractivity contribution in [1.29, 1.82) is 0 Å². The third kappa shape index (κ3) is 2.33. The van der Waals surface area contributed by atoms with Crippen LogP contribution in [0.5, 0.6) is 0 Å². The van der Waals surface area contributed by atoms with Crippen molar-refractivity contribution in [2.24, 2.45) is 11.7 Å². The summed E-state index contributed by atoms with van der Waals surface area (Å²) in [6, 6.07) is 1.95. The minimum Gasteiger partial charge on any atom is -0.339 e. The van der Waals surface area contributed by atoms with Crippen LogP contribution in [0.4, 0.5) is 0 Å². The summed E-state index contributed by atoms with van der Waals surface area (Å²) >= 11 is 0. The number of hydrogen-bond acceptors (Lipinski definition) is 5. The van der Waals surface area contributed by atoms with Crippen LogP contribution in [0.25, 0.3) is 11.4 Å². The van der Waals surface area contributed by atoms with Crippen molar-refractivity contribution in [3.8, 4) is 11.4 Å². The highest BCUT2D eigenvalue weighted by atomic mass is 16.5. The Hall–Kier alpha value is -1.75. The maximum atomic E-state index is 5.83. The maximum absolute atomic E-state index is 5.83. The summed E-state index contributed by atoms with van der Waals surface area (Å²) in [6.45, 7) is 2.79. The fourth-order valence-corrected chi connectivity index (χ4v) is 3.07. The lowest BCUT2D eigenvalue weighted by molar-refractivity contribution is 0.326. The molecule has 0 aromatic carbocycles. The van der Waals surface area contributed by atoms with E-state index in [0.29, 0.717) is 24.2 Å². The van der Waals surface area contributed by atoms with Crippen molar-refractivity contribution < 1.29 is 4.52 Å². The summed E-state index contributed by atoms with van der Waals surface area (Å²) in [6.07, 6.45) is 7.99. The van der Waals surface area contributed by atoms with Crippen LogP contribution in [-0.4, -0.2) is 21.7 Å². The third-order valence-corrected chi connectivity index (χ3v) is 4.25. The van der Waals surface area contributed by atoms with Gasteiger partial charge in [0.05, 0.1) is 0 Å². The lowest BCUT2D eigenvalue weighted by atomic mass is 9.96. The highest BCUT2D eigenvalue weighted by Gasteiger charge is 2.32. The van der Waals surface area contributed by atoms with E-state index >= 15 is 0 Å².